The van der Waals surface area contributed by atoms with Crippen molar-refractivity contribution in [1.82, 2.24) is 9.36 Å². The number of aryl methyl sites for hydroxylation is 1. The smallest absolute Gasteiger partial charge is 0.323 e. The molecule has 0 aliphatic carbocycles. The van der Waals surface area contributed by atoms with E-state index in [1.54, 1.807) is 4.90 Å². The van der Waals surface area contributed by atoms with E-state index in [0.717, 1.165) is 11.1 Å². The van der Waals surface area contributed by atoms with Crippen LogP contribution >= 0.6 is 11.5 Å². The summed E-state index contributed by atoms with van der Waals surface area (Å²) in [7, 11) is 0. The number of carboxylic acids is 1. The van der Waals surface area contributed by atoms with Gasteiger partial charge in [-0.05, 0) is 18.1 Å². The molecule has 0 atom stereocenters. The predicted octanol–water partition coefficient (Wildman–Crippen LogP) is 3.53. The van der Waals surface area contributed by atoms with Gasteiger partial charge < -0.3 is 10.0 Å². The van der Waals surface area contributed by atoms with Crippen LogP contribution in [-0.4, -0.2) is 27.0 Å². The van der Waals surface area contributed by atoms with Gasteiger partial charge in [0.15, 0.2) is 0 Å². The first-order chi connectivity index (χ1) is 12.1. The number of carboxylic acid groups (broad SMARTS) is 1. The Bertz CT molecular complexity index is 831. The fourth-order valence-electron chi connectivity index (χ4n) is 2.49. The van der Waals surface area contributed by atoms with Gasteiger partial charge in [0, 0.05) is 24.5 Å². The first kappa shape index (κ1) is 17.1. The van der Waals surface area contributed by atoms with Crippen molar-refractivity contribution in [3.05, 3.63) is 77.1 Å². The van der Waals surface area contributed by atoms with Crippen molar-refractivity contribution in [3.8, 4) is 0 Å². The minimum Gasteiger partial charge on any atom is -0.480 e. The number of hydrogen-bond acceptors (Lipinski definition) is 5. The molecule has 3 rings (SSSR count). The molecule has 1 heterocycles. The molecule has 128 valence electrons. The number of aromatic nitrogens is 2. The summed E-state index contributed by atoms with van der Waals surface area (Å²) in [5.41, 5.74) is 3.40. The van der Waals surface area contributed by atoms with E-state index in [0.29, 0.717) is 23.9 Å². The molecule has 0 saturated carbocycles. The molecule has 25 heavy (non-hydrogen) atoms. The molecule has 6 heteroatoms. The van der Waals surface area contributed by atoms with Crippen LogP contribution in [0.1, 0.15) is 22.5 Å². The predicted molar refractivity (Wildman–Crippen MR) is 99.0 cm³/mol. The summed E-state index contributed by atoms with van der Waals surface area (Å²) in [6, 6.07) is 18.0. The summed E-state index contributed by atoms with van der Waals surface area (Å²) in [6.45, 7) is 2.44. The van der Waals surface area contributed by atoms with E-state index in [9.17, 15) is 9.90 Å². The Labute approximate surface area is 150 Å². The second-order valence-corrected chi connectivity index (χ2v) is 6.62. The molecule has 0 aliphatic heterocycles. The second-order valence-electron chi connectivity index (χ2n) is 5.89. The topological polar surface area (TPSA) is 66.3 Å². The van der Waals surface area contributed by atoms with Crippen LogP contribution in [0.3, 0.4) is 0 Å². The third-order valence-electron chi connectivity index (χ3n) is 3.75. The van der Waals surface area contributed by atoms with Crippen LogP contribution in [0.4, 0.5) is 5.13 Å². The largest absolute Gasteiger partial charge is 0.480 e. The van der Waals surface area contributed by atoms with Crippen LogP contribution in [0, 0.1) is 6.92 Å². The van der Waals surface area contributed by atoms with Crippen molar-refractivity contribution in [2.24, 2.45) is 0 Å². The standard InChI is InChI=1S/C19H19N3O2S/c1-14-7-9-15(10-8-14)11-17-20-19(25-21-17)22(13-18(23)24)12-16-5-3-2-4-6-16/h2-10H,11-13H2,1H3,(H,23,24). The molecule has 0 bridgehead atoms. The molecular formula is C19H19N3O2S. The lowest BCUT2D eigenvalue weighted by Gasteiger charge is -2.19. The van der Waals surface area contributed by atoms with Gasteiger partial charge in [-0.25, -0.2) is 4.98 Å². The van der Waals surface area contributed by atoms with Crippen molar-refractivity contribution < 1.29 is 9.90 Å². The van der Waals surface area contributed by atoms with E-state index in [4.69, 9.17) is 0 Å². The third-order valence-corrected chi connectivity index (χ3v) is 4.57. The number of hydrogen-bond donors (Lipinski definition) is 1. The van der Waals surface area contributed by atoms with Crippen LogP contribution in [0.2, 0.25) is 0 Å². The highest BCUT2D eigenvalue weighted by Gasteiger charge is 2.16. The first-order valence-corrected chi connectivity index (χ1v) is 8.76. The molecule has 0 radical (unpaired) electrons. The van der Waals surface area contributed by atoms with Crippen LogP contribution in [-0.2, 0) is 17.8 Å². The van der Waals surface area contributed by atoms with Crippen molar-refractivity contribution in [2.45, 2.75) is 19.9 Å². The average molecular weight is 353 g/mol. The maximum absolute atomic E-state index is 11.2. The quantitative estimate of drug-likeness (QED) is 0.704. The Kier molecular flexibility index (Phi) is 5.40. The van der Waals surface area contributed by atoms with Gasteiger partial charge in [-0.1, -0.05) is 60.2 Å². The highest BCUT2D eigenvalue weighted by atomic mass is 32.1. The van der Waals surface area contributed by atoms with E-state index < -0.39 is 5.97 Å². The molecular weight excluding hydrogens is 334 g/mol. The monoisotopic (exact) mass is 353 g/mol. The summed E-state index contributed by atoms with van der Waals surface area (Å²) >= 11 is 1.24. The number of carbonyl (C=O) groups is 1. The van der Waals surface area contributed by atoms with Crippen LogP contribution in [0.25, 0.3) is 0 Å². The lowest BCUT2D eigenvalue weighted by Crippen LogP contribution is -2.29. The Balaban J connectivity index is 1.76. The number of nitrogens with zero attached hydrogens (tertiary/aromatic N) is 3. The molecule has 1 aromatic heterocycles. The number of benzene rings is 2. The van der Waals surface area contributed by atoms with Gasteiger partial charge in [0.25, 0.3) is 0 Å². The molecule has 1 N–H and O–H groups in total. The van der Waals surface area contributed by atoms with E-state index in [1.165, 1.54) is 17.1 Å². The minimum atomic E-state index is -0.883. The van der Waals surface area contributed by atoms with E-state index >= 15 is 0 Å². The molecule has 0 amide bonds. The Hall–Kier alpha value is -2.73. The van der Waals surface area contributed by atoms with E-state index in [-0.39, 0.29) is 6.54 Å². The third kappa shape index (κ3) is 4.87. The zero-order chi connectivity index (χ0) is 17.6. The highest BCUT2D eigenvalue weighted by molar-refractivity contribution is 7.09. The van der Waals surface area contributed by atoms with Crippen LogP contribution < -0.4 is 4.90 Å². The Morgan fingerprint density at radius 3 is 2.48 bits per heavy atom. The van der Waals surface area contributed by atoms with Crippen molar-refractivity contribution in [1.29, 1.82) is 0 Å². The summed E-state index contributed by atoms with van der Waals surface area (Å²) in [6.07, 6.45) is 0.642. The minimum absolute atomic E-state index is 0.103. The zero-order valence-corrected chi connectivity index (χ0v) is 14.7. The lowest BCUT2D eigenvalue weighted by molar-refractivity contribution is -0.135. The summed E-state index contributed by atoms with van der Waals surface area (Å²) in [5, 5.41) is 9.84. The van der Waals surface area contributed by atoms with Gasteiger partial charge in [0.2, 0.25) is 5.13 Å². The lowest BCUT2D eigenvalue weighted by atomic mass is 10.1. The van der Waals surface area contributed by atoms with E-state index in [1.807, 2.05) is 30.3 Å². The number of anilines is 1. The Morgan fingerprint density at radius 2 is 1.80 bits per heavy atom. The maximum atomic E-state index is 11.2. The molecule has 3 aromatic rings. The van der Waals surface area contributed by atoms with Crippen molar-refractivity contribution >= 4 is 22.6 Å². The van der Waals surface area contributed by atoms with Crippen molar-refractivity contribution in [3.63, 3.8) is 0 Å². The Morgan fingerprint density at radius 1 is 1.08 bits per heavy atom. The van der Waals surface area contributed by atoms with E-state index in [2.05, 4.69) is 40.5 Å². The second kappa shape index (κ2) is 7.90. The maximum Gasteiger partial charge on any atom is 0.323 e. The molecule has 2 aromatic carbocycles. The van der Waals surface area contributed by atoms with Gasteiger partial charge in [0.1, 0.15) is 12.4 Å². The fourth-order valence-corrected chi connectivity index (χ4v) is 3.17. The molecule has 0 aliphatic rings. The SMILES string of the molecule is Cc1ccc(Cc2nsc(N(CC(=O)O)Cc3ccccc3)n2)cc1. The molecule has 0 unspecified atom stereocenters. The van der Waals surface area contributed by atoms with Gasteiger partial charge >= 0.3 is 5.97 Å². The number of aliphatic carboxylic acids is 1. The highest BCUT2D eigenvalue weighted by Crippen LogP contribution is 2.21. The normalized spacial score (nSPS) is 10.6. The van der Waals surface area contributed by atoms with Crippen molar-refractivity contribution in [2.75, 3.05) is 11.4 Å². The molecule has 0 spiro atoms. The van der Waals surface area contributed by atoms with Crippen LogP contribution in [0.5, 0.6) is 0 Å². The molecule has 0 saturated heterocycles. The van der Waals surface area contributed by atoms with Gasteiger partial charge in [-0.15, -0.1) is 0 Å². The van der Waals surface area contributed by atoms with Gasteiger partial charge in [-0.2, -0.15) is 4.37 Å². The summed E-state index contributed by atoms with van der Waals surface area (Å²) in [5.74, 6) is -0.168. The summed E-state index contributed by atoms with van der Waals surface area (Å²) in [4.78, 5) is 17.5. The van der Waals surface area contributed by atoms with Crippen LogP contribution in [0.15, 0.2) is 54.6 Å². The van der Waals surface area contributed by atoms with Gasteiger partial charge in [0.05, 0.1) is 0 Å². The average Bonchev–Trinajstić information content (AvgIpc) is 3.05. The zero-order valence-electron chi connectivity index (χ0n) is 13.9. The fraction of sp³-hybridized carbons (Fsp3) is 0.211. The van der Waals surface area contributed by atoms with Gasteiger partial charge in [-0.3, -0.25) is 4.79 Å². The molecule has 0 fully saturated rings. The number of rotatable bonds is 7. The molecule has 5 nitrogen and oxygen atoms in total. The summed E-state index contributed by atoms with van der Waals surface area (Å²) < 4.78 is 4.40. The first-order valence-electron chi connectivity index (χ1n) is 7.99.